The summed E-state index contributed by atoms with van der Waals surface area (Å²) >= 11 is 5.77. The molecule has 2 amide bonds. The lowest BCUT2D eigenvalue weighted by atomic mass is 9.87. The van der Waals surface area contributed by atoms with Crippen LogP contribution in [0.2, 0.25) is 5.02 Å². The van der Waals surface area contributed by atoms with Crippen LogP contribution in [0.5, 0.6) is 5.88 Å². The molecule has 9 heteroatoms. The molecule has 1 aliphatic rings. The van der Waals surface area contributed by atoms with Crippen LogP contribution in [0.15, 0.2) is 54.7 Å². The van der Waals surface area contributed by atoms with E-state index in [1.54, 1.807) is 54.7 Å². The lowest BCUT2D eigenvalue weighted by Gasteiger charge is -2.31. The Morgan fingerprint density at radius 2 is 1.73 bits per heavy atom. The van der Waals surface area contributed by atoms with Crippen LogP contribution in [-0.2, 0) is 19.1 Å². The normalized spacial score (nSPS) is 19.0. The number of nitrogens with zero attached hydrogens (tertiary/aromatic N) is 3. The zero-order valence-electron chi connectivity index (χ0n) is 23.8. The maximum atomic E-state index is 12.2. The molecular formula is C32H40ClN3O5. The number of ketones is 1. The van der Waals surface area contributed by atoms with Crippen LogP contribution in [0.4, 0.5) is 5.69 Å². The molecular weight excluding hydrogens is 542 g/mol. The van der Waals surface area contributed by atoms with Crippen LogP contribution in [0.3, 0.4) is 0 Å². The van der Waals surface area contributed by atoms with E-state index in [2.05, 4.69) is 11.1 Å². The van der Waals surface area contributed by atoms with Crippen molar-refractivity contribution in [2.24, 2.45) is 5.92 Å². The summed E-state index contributed by atoms with van der Waals surface area (Å²) in [5, 5.41) is 11.0. The first kappa shape index (κ1) is 35.2. The van der Waals surface area contributed by atoms with Gasteiger partial charge in [-0.3, -0.25) is 19.3 Å². The van der Waals surface area contributed by atoms with Gasteiger partial charge in [0.15, 0.2) is 5.78 Å². The number of fused-ring (bicyclic) bond motifs is 1. The second-order valence-corrected chi connectivity index (χ2v) is 10.2. The van der Waals surface area contributed by atoms with Crippen LogP contribution < -0.4 is 9.64 Å². The van der Waals surface area contributed by atoms with Gasteiger partial charge in [-0.15, -0.1) is 0 Å². The number of rotatable bonds is 8. The van der Waals surface area contributed by atoms with E-state index in [1.807, 2.05) is 41.5 Å². The Morgan fingerprint density at radius 3 is 2.24 bits per heavy atom. The number of imide groups is 1. The Balaban J connectivity index is 0.000000385. The number of pyridine rings is 1. The van der Waals surface area contributed by atoms with Crippen molar-refractivity contribution < 1.29 is 23.9 Å². The van der Waals surface area contributed by atoms with Crippen molar-refractivity contribution in [2.75, 3.05) is 11.5 Å². The van der Waals surface area contributed by atoms with Crippen LogP contribution in [0.1, 0.15) is 67.4 Å². The maximum Gasteiger partial charge on any atom is 0.220 e. The van der Waals surface area contributed by atoms with Gasteiger partial charge in [0.2, 0.25) is 18.7 Å². The van der Waals surface area contributed by atoms with Crippen molar-refractivity contribution in [1.82, 2.24) is 4.98 Å². The smallest absolute Gasteiger partial charge is 0.220 e. The summed E-state index contributed by atoms with van der Waals surface area (Å²) < 4.78 is 11.7. The molecule has 41 heavy (non-hydrogen) atoms. The summed E-state index contributed by atoms with van der Waals surface area (Å²) in [6.07, 6.45) is 3.51. The van der Waals surface area contributed by atoms with Crippen LogP contribution in [-0.4, -0.2) is 41.4 Å². The van der Waals surface area contributed by atoms with Gasteiger partial charge in [0.1, 0.15) is 5.60 Å². The molecule has 8 nitrogen and oxygen atoms in total. The first-order chi connectivity index (χ1) is 19.1. The van der Waals surface area contributed by atoms with E-state index in [1.165, 1.54) is 0 Å². The molecule has 3 aromatic rings. The third-order valence-electron chi connectivity index (χ3n) is 6.76. The minimum Gasteiger partial charge on any atom is -0.478 e. The molecule has 0 radical (unpaired) electrons. The van der Waals surface area contributed by atoms with Crippen LogP contribution in [0, 0.1) is 17.2 Å². The summed E-state index contributed by atoms with van der Waals surface area (Å²) in [4.78, 5) is 38.8. The second kappa shape index (κ2) is 15.8. The molecule has 2 unspecified atom stereocenters. The van der Waals surface area contributed by atoms with Gasteiger partial charge in [0.25, 0.3) is 0 Å². The zero-order valence-corrected chi connectivity index (χ0v) is 24.6. The molecule has 0 bridgehead atoms. The van der Waals surface area contributed by atoms with Crippen LogP contribution >= 0.6 is 11.6 Å². The van der Waals surface area contributed by atoms with Gasteiger partial charge in [-0.05, 0) is 38.0 Å². The van der Waals surface area contributed by atoms with Gasteiger partial charge in [-0.2, -0.15) is 5.26 Å². The second-order valence-electron chi connectivity index (χ2n) is 9.73. The highest BCUT2D eigenvalue weighted by Gasteiger charge is 2.51. The molecule has 1 fully saturated rings. The van der Waals surface area contributed by atoms with Crippen molar-refractivity contribution in [3.05, 3.63) is 65.3 Å². The highest BCUT2D eigenvalue weighted by Crippen LogP contribution is 2.41. The van der Waals surface area contributed by atoms with E-state index in [4.69, 9.17) is 26.3 Å². The predicted molar refractivity (Wildman–Crippen MR) is 163 cm³/mol. The first-order valence-corrected chi connectivity index (χ1v) is 13.5. The average molecular weight is 582 g/mol. The van der Waals surface area contributed by atoms with Crippen molar-refractivity contribution in [2.45, 2.75) is 73.0 Å². The Morgan fingerprint density at radius 1 is 1.10 bits per heavy atom. The summed E-state index contributed by atoms with van der Waals surface area (Å²) in [6, 6.07) is 15.9. The predicted octanol–water partition coefficient (Wildman–Crippen LogP) is 7.16. The number of amides is 2. The summed E-state index contributed by atoms with van der Waals surface area (Å²) in [7, 11) is 0. The standard InChI is InChI=1S/C16H22ClNO3.C13H8N2O2.C2H6.CH4/c1-11(2)16(4)13(19)9-15(3,21-16)7-8-20-14-6-5-12(17)10-18-14;14-7-10-5-6-13(15(8-16)9-17)12-4-2-1-3-11(10)12;1-2;/h5-6,10-11H,7-9H2,1-4H3;1-6,8-9H;1-2H3;1H4. The SMILES string of the molecule is C.CC.CC(C)C1(C)OC(C)(CCOc2ccc(Cl)cn2)CC1=O.N#Cc1ccc(N(C=O)C=O)c2ccccc12. The molecule has 0 N–H and O–H groups in total. The van der Waals surface area contributed by atoms with Crippen LogP contribution in [0.25, 0.3) is 10.8 Å². The fourth-order valence-electron chi connectivity index (χ4n) is 4.26. The number of aromatic nitrogens is 1. The number of halogens is 1. The number of carbonyl (C=O) groups excluding carboxylic acids is 3. The summed E-state index contributed by atoms with van der Waals surface area (Å²) in [6.45, 7) is 12.3. The molecule has 1 saturated heterocycles. The van der Waals surface area contributed by atoms with Gasteiger partial charge in [0, 0.05) is 35.9 Å². The van der Waals surface area contributed by atoms with Gasteiger partial charge in [0.05, 0.1) is 34.6 Å². The van der Waals surface area contributed by atoms with Gasteiger partial charge in [-0.1, -0.05) is 71.0 Å². The fourth-order valence-corrected chi connectivity index (χ4v) is 4.37. The van der Waals surface area contributed by atoms with E-state index in [0.29, 0.717) is 59.8 Å². The number of Topliss-reactive ketones (excluding diaryl/α,β-unsaturated/α-hetero) is 1. The highest BCUT2D eigenvalue weighted by molar-refractivity contribution is 6.30. The number of carbonyl (C=O) groups is 3. The van der Waals surface area contributed by atoms with Crippen molar-refractivity contribution in [3.8, 4) is 11.9 Å². The third-order valence-corrected chi connectivity index (χ3v) is 6.98. The molecule has 0 saturated carbocycles. The largest absolute Gasteiger partial charge is 0.478 e. The van der Waals surface area contributed by atoms with Gasteiger partial charge < -0.3 is 9.47 Å². The maximum absolute atomic E-state index is 12.2. The van der Waals surface area contributed by atoms with E-state index in [9.17, 15) is 14.4 Å². The molecule has 1 aliphatic heterocycles. The Bertz CT molecular complexity index is 1350. The fraction of sp³-hybridized carbons (Fsp3) is 0.406. The van der Waals surface area contributed by atoms with Crippen molar-refractivity contribution in [1.29, 1.82) is 5.26 Å². The Hall–Kier alpha value is -3.80. The van der Waals surface area contributed by atoms with E-state index in [0.717, 1.165) is 10.3 Å². The average Bonchev–Trinajstić information content (AvgIpc) is 3.20. The number of ether oxygens (including phenoxy) is 2. The first-order valence-electron chi connectivity index (χ1n) is 13.2. The highest BCUT2D eigenvalue weighted by atomic mass is 35.5. The molecule has 2 atom stereocenters. The van der Waals surface area contributed by atoms with E-state index >= 15 is 0 Å². The van der Waals surface area contributed by atoms with E-state index < -0.39 is 11.2 Å². The quantitative estimate of drug-likeness (QED) is 0.259. The number of nitriles is 1. The molecule has 0 aliphatic carbocycles. The topological polar surface area (TPSA) is 110 Å². The van der Waals surface area contributed by atoms with Gasteiger partial charge in [-0.25, -0.2) is 4.98 Å². The molecule has 2 heterocycles. The lowest BCUT2D eigenvalue weighted by molar-refractivity contribution is -0.145. The lowest BCUT2D eigenvalue weighted by Crippen LogP contribution is -2.40. The zero-order chi connectivity index (χ0) is 29.9. The van der Waals surface area contributed by atoms with Crippen molar-refractivity contribution >= 4 is 46.7 Å². The Kier molecular flexibility index (Phi) is 13.6. The number of benzene rings is 2. The number of anilines is 1. The number of hydrogen-bond acceptors (Lipinski definition) is 7. The van der Waals surface area contributed by atoms with Crippen molar-refractivity contribution in [3.63, 3.8) is 0 Å². The number of hydrogen-bond donors (Lipinski definition) is 0. The minimum absolute atomic E-state index is 0. The molecule has 220 valence electrons. The summed E-state index contributed by atoms with van der Waals surface area (Å²) in [5.41, 5.74) is -0.166. The Labute approximate surface area is 248 Å². The molecule has 2 aromatic carbocycles. The summed E-state index contributed by atoms with van der Waals surface area (Å²) in [5.74, 6) is 0.856. The van der Waals surface area contributed by atoms with Gasteiger partial charge >= 0.3 is 0 Å². The monoisotopic (exact) mass is 581 g/mol. The van der Waals surface area contributed by atoms with E-state index in [-0.39, 0.29) is 19.1 Å². The molecule has 0 spiro atoms. The third kappa shape index (κ3) is 8.59. The minimum atomic E-state index is -0.687. The molecule has 1 aromatic heterocycles. The molecule has 4 rings (SSSR count).